The number of nitrogens with zero attached hydrogens (tertiary/aromatic N) is 4. The quantitative estimate of drug-likeness (QED) is 0.825. The van der Waals surface area contributed by atoms with E-state index in [4.69, 9.17) is 11.6 Å². The molecule has 6 heteroatoms. The minimum Gasteiger partial charge on any atom is -0.396 e. The first-order chi connectivity index (χ1) is 10.9. The van der Waals surface area contributed by atoms with Crippen molar-refractivity contribution in [3.63, 3.8) is 0 Å². The second kappa shape index (κ2) is 8.47. The molecule has 23 heavy (non-hydrogen) atoms. The Morgan fingerprint density at radius 2 is 2.09 bits per heavy atom. The maximum Gasteiger partial charge on any atom is 0.131 e. The molecular formula is C17H31ClN4O. The third kappa shape index (κ3) is 4.92. The van der Waals surface area contributed by atoms with Crippen molar-refractivity contribution in [2.75, 3.05) is 32.8 Å². The molecule has 1 atom stereocenters. The van der Waals surface area contributed by atoms with Crippen LogP contribution in [0.3, 0.4) is 0 Å². The molecule has 1 N–H and O–H groups in total. The number of piperazine rings is 1. The van der Waals surface area contributed by atoms with E-state index in [-0.39, 0.29) is 6.61 Å². The normalized spacial score (nSPS) is 20.6. The summed E-state index contributed by atoms with van der Waals surface area (Å²) in [5.74, 6) is 0.722. The largest absolute Gasteiger partial charge is 0.396 e. The summed E-state index contributed by atoms with van der Waals surface area (Å²) in [6.07, 6.45) is 2.06. The lowest BCUT2D eigenvalue weighted by molar-refractivity contribution is 0.0523. The minimum absolute atomic E-state index is 0.253. The fourth-order valence-corrected chi connectivity index (χ4v) is 3.55. The molecule has 0 aromatic carbocycles. The van der Waals surface area contributed by atoms with E-state index in [9.17, 15) is 5.11 Å². The lowest BCUT2D eigenvalue weighted by Gasteiger charge is -2.41. The van der Waals surface area contributed by atoms with Gasteiger partial charge >= 0.3 is 0 Å². The summed E-state index contributed by atoms with van der Waals surface area (Å²) in [4.78, 5) is 4.99. The van der Waals surface area contributed by atoms with E-state index in [1.165, 1.54) is 6.42 Å². The third-order valence-corrected chi connectivity index (χ3v) is 5.27. The molecule has 2 heterocycles. The van der Waals surface area contributed by atoms with Crippen LogP contribution in [0.2, 0.25) is 5.15 Å². The Labute approximate surface area is 145 Å². The summed E-state index contributed by atoms with van der Waals surface area (Å²) in [6, 6.07) is 0.434. The first-order valence-corrected chi connectivity index (χ1v) is 9.05. The fourth-order valence-electron chi connectivity index (χ4n) is 3.32. The highest BCUT2D eigenvalue weighted by molar-refractivity contribution is 6.30. The summed E-state index contributed by atoms with van der Waals surface area (Å²) in [5, 5.41) is 14.5. The molecule has 0 amide bonds. The Morgan fingerprint density at radius 3 is 2.65 bits per heavy atom. The number of hydrogen-bond acceptors (Lipinski definition) is 4. The topological polar surface area (TPSA) is 44.5 Å². The van der Waals surface area contributed by atoms with Gasteiger partial charge in [-0.2, -0.15) is 5.10 Å². The summed E-state index contributed by atoms with van der Waals surface area (Å²) in [7, 11) is 1.89. The van der Waals surface area contributed by atoms with Crippen LogP contribution in [0, 0.1) is 12.8 Å². The molecule has 1 aliphatic heterocycles. The molecule has 1 aromatic rings. The van der Waals surface area contributed by atoms with Crippen LogP contribution < -0.4 is 0 Å². The molecule has 0 unspecified atom stereocenters. The van der Waals surface area contributed by atoms with Crippen molar-refractivity contribution in [2.45, 2.75) is 46.2 Å². The molecule has 0 aliphatic carbocycles. The van der Waals surface area contributed by atoms with Crippen molar-refractivity contribution in [3.05, 3.63) is 16.4 Å². The van der Waals surface area contributed by atoms with Crippen molar-refractivity contribution >= 4 is 11.6 Å². The summed E-state index contributed by atoms with van der Waals surface area (Å²) >= 11 is 6.37. The zero-order chi connectivity index (χ0) is 17.0. The second-order valence-electron chi connectivity index (χ2n) is 7.10. The minimum atomic E-state index is 0.253. The van der Waals surface area contributed by atoms with E-state index in [2.05, 4.69) is 28.7 Å². The predicted molar refractivity (Wildman–Crippen MR) is 94.8 cm³/mol. The van der Waals surface area contributed by atoms with Gasteiger partial charge in [0.2, 0.25) is 0 Å². The maximum absolute atomic E-state index is 9.40. The van der Waals surface area contributed by atoms with Gasteiger partial charge < -0.3 is 5.11 Å². The van der Waals surface area contributed by atoms with Crippen LogP contribution in [-0.4, -0.2) is 63.5 Å². The van der Waals surface area contributed by atoms with Gasteiger partial charge in [0.05, 0.1) is 5.69 Å². The van der Waals surface area contributed by atoms with Gasteiger partial charge in [-0.3, -0.25) is 14.5 Å². The summed E-state index contributed by atoms with van der Waals surface area (Å²) in [6.45, 7) is 11.9. The van der Waals surface area contributed by atoms with E-state index in [0.29, 0.717) is 6.04 Å². The lowest BCUT2D eigenvalue weighted by Crippen LogP contribution is -2.53. The number of aliphatic hydroxyl groups excluding tert-OH is 1. The number of aromatic nitrogens is 2. The van der Waals surface area contributed by atoms with Crippen LogP contribution >= 0.6 is 11.6 Å². The molecule has 5 nitrogen and oxygen atoms in total. The third-order valence-electron chi connectivity index (χ3n) is 4.80. The SMILES string of the molecule is Cc1nn(C)c(Cl)c1CN1CCN(CCC(C)C)[C@H](CCO)C1. The monoisotopic (exact) mass is 342 g/mol. The van der Waals surface area contributed by atoms with Gasteiger partial charge in [-0.1, -0.05) is 25.4 Å². The average Bonchev–Trinajstić information content (AvgIpc) is 2.73. The molecule has 0 radical (unpaired) electrons. The maximum atomic E-state index is 9.40. The van der Waals surface area contributed by atoms with Crippen LogP contribution in [0.15, 0.2) is 0 Å². The zero-order valence-electron chi connectivity index (χ0n) is 14.9. The van der Waals surface area contributed by atoms with Crippen LogP contribution in [0.25, 0.3) is 0 Å². The molecule has 2 rings (SSSR count). The predicted octanol–water partition coefficient (Wildman–Crippen LogP) is 2.30. The molecular weight excluding hydrogens is 312 g/mol. The van der Waals surface area contributed by atoms with Crippen molar-refractivity contribution in [1.29, 1.82) is 0 Å². The standard InChI is InChI=1S/C17H31ClN4O/c1-13(2)5-7-22-9-8-21(11-15(22)6-10-23)12-16-14(3)19-20(4)17(16)18/h13,15,23H,5-12H2,1-4H3/t15-/m1/s1. The van der Waals surface area contributed by atoms with E-state index in [1.807, 2.05) is 14.0 Å². The van der Waals surface area contributed by atoms with Crippen LogP contribution in [-0.2, 0) is 13.6 Å². The number of aliphatic hydroxyl groups is 1. The summed E-state index contributed by atoms with van der Waals surface area (Å²) < 4.78 is 1.75. The lowest BCUT2D eigenvalue weighted by atomic mass is 10.0. The van der Waals surface area contributed by atoms with Crippen molar-refractivity contribution in [3.8, 4) is 0 Å². The van der Waals surface area contributed by atoms with Crippen LogP contribution in [0.5, 0.6) is 0 Å². The van der Waals surface area contributed by atoms with Crippen molar-refractivity contribution in [1.82, 2.24) is 19.6 Å². The Bertz CT molecular complexity index is 503. The number of rotatable bonds is 7. The number of halogens is 1. The molecule has 0 saturated carbocycles. The smallest absolute Gasteiger partial charge is 0.131 e. The number of aryl methyl sites for hydroxylation is 2. The first kappa shape index (κ1) is 18.7. The Morgan fingerprint density at radius 1 is 1.35 bits per heavy atom. The highest BCUT2D eigenvalue weighted by atomic mass is 35.5. The molecule has 132 valence electrons. The van der Waals surface area contributed by atoms with E-state index >= 15 is 0 Å². The molecule has 1 saturated heterocycles. The van der Waals surface area contributed by atoms with Crippen LogP contribution in [0.1, 0.15) is 37.9 Å². The van der Waals surface area contributed by atoms with Gasteiger partial charge in [-0.25, -0.2) is 0 Å². The average molecular weight is 343 g/mol. The van der Waals surface area contributed by atoms with Crippen LogP contribution in [0.4, 0.5) is 0 Å². The van der Waals surface area contributed by atoms with Gasteiger partial charge in [0.25, 0.3) is 0 Å². The molecule has 1 fully saturated rings. The van der Waals surface area contributed by atoms with Crippen molar-refractivity contribution in [2.24, 2.45) is 13.0 Å². The number of hydrogen-bond donors (Lipinski definition) is 1. The van der Waals surface area contributed by atoms with E-state index < -0.39 is 0 Å². The fraction of sp³-hybridized carbons (Fsp3) is 0.824. The Kier molecular flexibility index (Phi) is 6.89. The van der Waals surface area contributed by atoms with Gasteiger partial charge in [0.1, 0.15) is 5.15 Å². The highest BCUT2D eigenvalue weighted by Crippen LogP contribution is 2.23. The highest BCUT2D eigenvalue weighted by Gasteiger charge is 2.27. The Balaban J connectivity index is 1.98. The van der Waals surface area contributed by atoms with Crippen molar-refractivity contribution < 1.29 is 5.11 Å². The van der Waals surface area contributed by atoms with Gasteiger partial charge in [0.15, 0.2) is 0 Å². The van der Waals surface area contributed by atoms with Gasteiger partial charge in [-0.05, 0) is 32.2 Å². The zero-order valence-corrected chi connectivity index (χ0v) is 15.7. The first-order valence-electron chi connectivity index (χ1n) is 8.67. The van der Waals surface area contributed by atoms with E-state index in [0.717, 1.165) is 61.5 Å². The molecule has 1 aliphatic rings. The summed E-state index contributed by atoms with van der Waals surface area (Å²) in [5.41, 5.74) is 2.14. The molecule has 1 aromatic heterocycles. The second-order valence-corrected chi connectivity index (χ2v) is 7.46. The molecule has 0 spiro atoms. The van der Waals surface area contributed by atoms with Gasteiger partial charge in [0, 0.05) is 51.4 Å². The molecule has 0 bridgehead atoms. The Hall–Kier alpha value is -0.620. The van der Waals surface area contributed by atoms with E-state index in [1.54, 1.807) is 4.68 Å². The van der Waals surface area contributed by atoms with Gasteiger partial charge in [-0.15, -0.1) is 0 Å².